The number of nitrogens with one attached hydrogen (secondary N) is 1. The molecule has 0 aliphatic carbocycles. The predicted molar refractivity (Wildman–Crippen MR) is 76.5 cm³/mol. The summed E-state index contributed by atoms with van der Waals surface area (Å²) < 4.78 is 5.27. The Morgan fingerprint density at radius 1 is 1.32 bits per heavy atom. The molecule has 0 aliphatic rings. The van der Waals surface area contributed by atoms with E-state index in [2.05, 4.69) is 15.3 Å². The summed E-state index contributed by atoms with van der Waals surface area (Å²) in [6.45, 7) is 2.86. The Balaban J connectivity index is 2.17. The summed E-state index contributed by atoms with van der Waals surface area (Å²) in [4.78, 5) is 8.43. The van der Waals surface area contributed by atoms with Gasteiger partial charge in [-0.15, -0.1) is 0 Å². The molecular formula is C13H15ClN4O. The molecule has 0 spiro atoms. The number of hydrogen-bond donors (Lipinski definition) is 2. The monoisotopic (exact) mass is 278 g/mol. The van der Waals surface area contributed by atoms with Gasteiger partial charge in [0.25, 0.3) is 0 Å². The minimum Gasteiger partial charge on any atom is -0.384 e. The van der Waals surface area contributed by atoms with Crippen LogP contribution >= 0.6 is 11.6 Å². The zero-order valence-corrected chi connectivity index (χ0v) is 11.3. The normalized spacial score (nSPS) is 10.4. The van der Waals surface area contributed by atoms with Gasteiger partial charge in [0.05, 0.1) is 0 Å². The Hall–Kier alpha value is -1.85. The molecule has 1 heterocycles. The van der Waals surface area contributed by atoms with E-state index in [0.717, 1.165) is 5.69 Å². The molecule has 0 amide bonds. The average molecular weight is 279 g/mol. The van der Waals surface area contributed by atoms with Gasteiger partial charge < -0.3 is 15.8 Å². The quantitative estimate of drug-likeness (QED) is 0.879. The van der Waals surface area contributed by atoms with Crippen LogP contribution in [-0.4, -0.2) is 16.6 Å². The molecule has 0 saturated carbocycles. The molecule has 0 aliphatic heterocycles. The Morgan fingerprint density at radius 2 is 2.16 bits per heavy atom. The van der Waals surface area contributed by atoms with Gasteiger partial charge in [0, 0.05) is 23.4 Å². The van der Waals surface area contributed by atoms with Crippen molar-refractivity contribution < 1.29 is 4.74 Å². The smallest absolute Gasteiger partial charge is 0.158 e. The lowest BCUT2D eigenvalue weighted by Crippen LogP contribution is -2.05. The summed E-state index contributed by atoms with van der Waals surface area (Å²) in [7, 11) is 0. The maximum atomic E-state index is 5.92. The minimum atomic E-state index is 0.339. The Bertz CT molecular complexity index is 562. The highest BCUT2D eigenvalue weighted by Crippen LogP contribution is 2.19. The second-order valence-electron chi connectivity index (χ2n) is 3.87. The fourth-order valence-electron chi connectivity index (χ4n) is 1.55. The van der Waals surface area contributed by atoms with Gasteiger partial charge in [-0.2, -0.15) is 0 Å². The summed E-state index contributed by atoms with van der Waals surface area (Å²) >= 11 is 5.92. The summed E-state index contributed by atoms with van der Waals surface area (Å²) in [5, 5.41) is 3.79. The summed E-state index contributed by atoms with van der Waals surface area (Å²) in [5.74, 6) is 1.56. The largest absolute Gasteiger partial charge is 0.384 e. The molecular weight excluding hydrogens is 264 g/mol. The van der Waals surface area contributed by atoms with Crippen LogP contribution in [0.25, 0.3) is 0 Å². The molecule has 0 radical (unpaired) electrons. The van der Waals surface area contributed by atoms with Gasteiger partial charge in [-0.05, 0) is 25.1 Å². The van der Waals surface area contributed by atoms with Crippen LogP contribution in [0.3, 0.4) is 0 Å². The van der Waals surface area contributed by atoms with Crippen molar-refractivity contribution in [1.82, 2.24) is 9.97 Å². The van der Waals surface area contributed by atoms with E-state index in [1.165, 1.54) is 0 Å². The number of nitrogens with two attached hydrogens (primary N) is 1. The van der Waals surface area contributed by atoms with Crippen LogP contribution in [0.15, 0.2) is 30.3 Å². The molecule has 0 bridgehead atoms. The number of halogens is 1. The number of ether oxygens (including phenoxy) is 1. The lowest BCUT2D eigenvalue weighted by Gasteiger charge is -2.08. The number of nitrogen functional groups attached to an aromatic ring is 1. The van der Waals surface area contributed by atoms with Crippen LogP contribution in [0.4, 0.5) is 17.3 Å². The number of aromatic nitrogens is 2. The molecule has 0 atom stereocenters. The third-order valence-corrected chi connectivity index (χ3v) is 2.56. The molecule has 0 fully saturated rings. The van der Waals surface area contributed by atoms with E-state index in [0.29, 0.717) is 35.7 Å². The standard InChI is InChI=1S/C13H15ClN4O/c1-2-19-8-13-17-11(15)7-12(18-13)16-10-5-3-4-9(14)6-10/h3-7H,2,8H2,1H3,(H3,15,16,17,18). The molecule has 0 unspecified atom stereocenters. The average Bonchev–Trinajstić information content (AvgIpc) is 2.35. The van der Waals surface area contributed by atoms with Crippen LogP contribution in [0, 0.1) is 0 Å². The topological polar surface area (TPSA) is 73.1 Å². The molecule has 2 aromatic rings. The highest BCUT2D eigenvalue weighted by Gasteiger charge is 2.03. The van der Waals surface area contributed by atoms with Crippen LogP contribution in [0.1, 0.15) is 12.7 Å². The Kier molecular flexibility index (Phi) is 4.54. The first-order valence-corrected chi connectivity index (χ1v) is 6.29. The van der Waals surface area contributed by atoms with Gasteiger partial charge in [0.2, 0.25) is 0 Å². The minimum absolute atomic E-state index is 0.339. The molecule has 1 aromatic carbocycles. The van der Waals surface area contributed by atoms with Crippen LogP contribution in [-0.2, 0) is 11.3 Å². The van der Waals surface area contributed by atoms with E-state index < -0.39 is 0 Å². The number of hydrogen-bond acceptors (Lipinski definition) is 5. The predicted octanol–water partition coefficient (Wildman–Crippen LogP) is 2.99. The van der Waals surface area contributed by atoms with Crippen LogP contribution in [0.5, 0.6) is 0 Å². The van der Waals surface area contributed by atoms with Gasteiger partial charge >= 0.3 is 0 Å². The number of benzene rings is 1. The van der Waals surface area contributed by atoms with E-state index in [1.54, 1.807) is 6.07 Å². The maximum Gasteiger partial charge on any atom is 0.158 e. The van der Waals surface area contributed by atoms with Crippen molar-refractivity contribution >= 4 is 28.9 Å². The molecule has 6 heteroatoms. The van der Waals surface area contributed by atoms with Crippen molar-refractivity contribution in [2.45, 2.75) is 13.5 Å². The highest BCUT2D eigenvalue weighted by molar-refractivity contribution is 6.30. The molecule has 3 N–H and O–H groups in total. The summed E-state index contributed by atoms with van der Waals surface area (Å²) in [6, 6.07) is 9.03. The number of anilines is 3. The number of rotatable bonds is 5. The molecule has 19 heavy (non-hydrogen) atoms. The van der Waals surface area contributed by atoms with Crippen molar-refractivity contribution in [3.05, 3.63) is 41.2 Å². The van der Waals surface area contributed by atoms with Gasteiger partial charge in [-0.1, -0.05) is 17.7 Å². The van der Waals surface area contributed by atoms with Crippen LogP contribution in [0.2, 0.25) is 5.02 Å². The lowest BCUT2D eigenvalue weighted by atomic mass is 10.3. The van der Waals surface area contributed by atoms with Crippen molar-refractivity contribution in [3.63, 3.8) is 0 Å². The van der Waals surface area contributed by atoms with Crippen molar-refractivity contribution in [3.8, 4) is 0 Å². The first-order chi connectivity index (χ1) is 9.17. The molecule has 100 valence electrons. The fourth-order valence-corrected chi connectivity index (χ4v) is 1.74. The van der Waals surface area contributed by atoms with E-state index >= 15 is 0 Å². The van der Waals surface area contributed by atoms with Gasteiger partial charge in [0.15, 0.2) is 5.82 Å². The Morgan fingerprint density at radius 3 is 2.89 bits per heavy atom. The van der Waals surface area contributed by atoms with Crippen molar-refractivity contribution in [2.24, 2.45) is 0 Å². The zero-order chi connectivity index (χ0) is 13.7. The van der Waals surface area contributed by atoms with E-state index in [-0.39, 0.29) is 0 Å². The number of nitrogens with zero attached hydrogens (tertiary/aromatic N) is 2. The van der Waals surface area contributed by atoms with Crippen molar-refractivity contribution in [2.75, 3.05) is 17.7 Å². The third kappa shape index (κ3) is 4.08. The second-order valence-corrected chi connectivity index (χ2v) is 4.30. The Labute approximate surface area is 116 Å². The van der Waals surface area contributed by atoms with Gasteiger partial charge in [-0.3, -0.25) is 0 Å². The van der Waals surface area contributed by atoms with Gasteiger partial charge in [0.1, 0.15) is 18.2 Å². The van der Waals surface area contributed by atoms with E-state index in [9.17, 15) is 0 Å². The molecule has 2 rings (SSSR count). The third-order valence-electron chi connectivity index (χ3n) is 2.32. The van der Waals surface area contributed by atoms with Gasteiger partial charge in [-0.25, -0.2) is 9.97 Å². The fraction of sp³-hybridized carbons (Fsp3) is 0.231. The van der Waals surface area contributed by atoms with E-state index in [1.807, 2.05) is 31.2 Å². The first kappa shape index (κ1) is 13.6. The molecule has 0 saturated heterocycles. The summed E-state index contributed by atoms with van der Waals surface area (Å²) in [6.07, 6.45) is 0. The zero-order valence-electron chi connectivity index (χ0n) is 10.6. The van der Waals surface area contributed by atoms with Crippen LogP contribution < -0.4 is 11.1 Å². The summed E-state index contributed by atoms with van der Waals surface area (Å²) in [5.41, 5.74) is 6.58. The highest BCUT2D eigenvalue weighted by atomic mass is 35.5. The molecule has 5 nitrogen and oxygen atoms in total. The SMILES string of the molecule is CCOCc1nc(N)cc(Nc2cccc(Cl)c2)n1. The maximum absolute atomic E-state index is 5.92. The molecule has 1 aromatic heterocycles. The van der Waals surface area contributed by atoms with Crippen molar-refractivity contribution in [1.29, 1.82) is 0 Å². The lowest BCUT2D eigenvalue weighted by molar-refractivity contribution is 0.128. The second kappa shape index (κ2) is 6.36. The first-order valence-electron chi connectivity index (χ1n) is 5.91. The van der Waals surface area contributed by atoms with E-state index in [4.69, 9.17) is 22.1 Å².